The number of hydrogen-bond donors (Lipinski definition) is 0. The lowest BCUT2D eigenvalue weighted by Gasteiger charge is -2.19. The lowest BCUT2D eigenvalue weighted by Crippen LogP contribution is -2.18. The molecule has 1 aromatic rings. The van der Waals surface area contributed by atoms with E-state index >= 15 is 0 Å². The summed E-state index contributed by atoms with van der Waals surface area (Å²) in [6.45, 7) is 8.83. The molecule has 84 valence electrons. The molecule has 0 radical (unpaired) electrons. The Morgan fingerprint density at radius 2 is 1.80 bits per heavy atom. The SMILES string of the molecule is CCCc1ncc(COC(C)(C)C)cn1. The van der Waals surface area contributed by atoms with E-state index in [1.807, 2.05) is 33.2 Å². The second-order valence-corrected chi connectivity index (χ2v) is 4.66. The van der Waals surface area contributed by atoms with Gasteiger partial charge in [0.05, 0.1) is 12.2 Å². The third-order valence-electron chi connectivity index (χ3n) is 1.90. The third-order valence-corrected chi connectivity index (χ3v) is 1.90. The van der Waals surface area contributed by atoms with Gasteiger partial charge in [0.25, 0.3) is 0 Å². The van der Waals surface area contributed by atoms with Crippen LogP contribution in [0.1, 0.15) is 45.5 Å². The average Bonchev–Trinajstić information content (AvgIpc) is 2.16. The Labute approximate surface area is 91.9 Å². The van der Waals surface area contributed by atoms with Gasteiger partial charge in [-0.25, -0.2) is 9.97 Å². The quantitative estimate of drug-likeness (QED) is 0.763. The second kappa shape index (κ2) is 5.21. The molecule has 0 N–H and O–H groups in total. The van der Waals surface area contributed by atoms with Gasteiger partial charge in [0.15, 0.2) is 0 Å². The summed E-state index contributed by atoms with van der Waals surface area (Å²) in [5.74, 6) is 0.914. The molecule has 1 heterocycles. The Morgan fingerprint density at radius 1 is 1.20 bits per heavy atom. The number of aromatic nitrogens is 2. The van der Waals surface area contributed by atoms with E-state index in [1.54, 1.807) is 0 Å². The monoisotopic (exact) mass is 208 g/mol. The minimum absolute atomic E-state index is 0.109. The molecule has 0 unspecified atom stereocenters. The zero-order chi connectivity index (χ0) is 11.3. The van der Waals surface area contributed by atoms with Crippen LogP contribution in [-0.4, -0.2) is 15.6 Å². The van der Waals surface area contributed by atoms with E-state index in [0.717, 1.165) is 24.2 Å². The number of hydrogen-bond acceptors (Lipinski definition) is 3. The van der Waals surface area contributed by atoms with Gasteiger partial charge in [-0.05, 0) is 27.2 Å². The van der Waals surface area contributed by atoms with Crippen molar-refractivity contribution in [3.8, 4) is 0 Å². The Morgan fingerprint density at radius 3 is 2.27 bits per heavy atom. The fourth-order valence-corrected chi connectivity index (χ4v) is 1.11. The smallest absolute Gasteiger partial charge is 0.128 e. The standard InChI is InChI=1S/C12H20N2O/c1-5-6-11-13-7-10(8-14-11)9-15-12(2,3)4/h7-8H,5-6,9H2,1-4H3. The summed E-state index contributed by atoms with van der Waals surface area (Å²) >= 11 is 0. The zero-order valence-electron chi connectivity index (χ0n) is 10.1. The molecule has 0 aliphatic heterocycles. The van der Waals surface area contributed by atoms with E-state index in [0.29, 0.717) is 6.61 Å². The highest BCUT2D eigenvalue weighted by molar-refractivity contribution is 5.04. The molecule has 0 amide bonds. The van der Waals surface area contributed by atoms with Crippen LogP contribution in [0.3, 0.4) is 0 Å². The molecule has 0 aliphatic carbocycles. The zero-order valence-corrected chi connectivity index (χ0v) is 10.1. The van der Waals surface area contributed by atoms with Crippen LogP contribution in [-0.2, 0) is 17.8 Å². The fraction of sp³-hybridized carbons (Fsp3) is 0.667. The maximum atomic E-state index is 5.64. The van der Waals surface area contributed by atoms with E-state index in [9.17, 15) is 0 Å². The highest BCUT2D eigenvalue weighted by atomic mass is 16.5. The summed E-state index contributed by atoms with van der Waals surface area (Å²) in [5.41, 5.74) is 0.923. The van der Waals surface area contributed by atoms with Crippen molar-refractivity contribution in [3.05, 3.63) is 23.8 Å². The van der Waals surface area contributed by atoms with Crippen LogP contribution < -0.4 is 0 Å². The molecule has 1 aromatic heterocycles. The van der Waals surface area contributed by atoms with Gasteiger partial charge in [-0.2, -0.15) is 0 Å². The Hall–Kier alpha value is -0.960. The van der Waals surface area contributed by atoms with Gasteiger partial charge < -0.3 is 4.74 Å². The van der Waals surface area contributed by atoms with Crippen LogP contribution in [0.25, 0.3) is 0 Å². The molecule has 3 heteroatoms. The maximum absolute atomic E-state index is 5.64. The highest BCUT2D eigenvalue weighted by Gasteiger charge is 2.10. The van der Waals surface area contributed by atoms with Crippen molar-refractivity contribution in [1.29, 1.82) is 0 Å². The van der Waals surface area contributed by atoms with Crippen LogP contribution in [0.5, 0.6) is 0 Å². The van der Waals surface area contributed by atoms with Gasteiger partial charge in [0.1, 0.15) is 5.82 Å². The van der Waals surface area contributed by atoms with Crippen LogP contribution >= 0.6 is 0 Å². The third kappa shape index (κ3) is 4.88. The van der Waals surface area contributed by atoms with Gasteiger partial charge >= 0.3 is 0 Å². The van der Waals surface area contributed by atoms with E-state index in [-0.39, 0.29) is 5.60 Å². The first-order chi connectivity index (χ1) is 7.01. The first-order valence-electron chi connectivity index (χ1n) is 5.45. The van der Waals surface area contributed by atoms with E-state index in [1.165, 1.54) is 0 Å². The summed E-state index contributed by atoms with van der Waals surface area (Å²) in [7, 11) is 0. The summed E-state index contributed by atoms with van der Waals surface area (Å²) in [6.07, 6.45) is 5.73. The molecule has 0 aliphatic rings. The molecular formula is C12H20N2O. The van der Waals surface area contributed by atoms with Crippen molar-refractivity contribution in [1.82, 2.24) is 9.97 Å². The number of nitrogens with zero attached hydrogens (tertiary/aromatic N) is 2. The molecule has 0 aromatic carbocycles. The molecule has 0 fully saturated rings. The number of rotatable bonds is 4. The van der Waals surface area contributed by atoms with Gasteiger partial charge in [-0.3, -0.25) is 0 Å². The van der Waals surface area contributed by atoms with Crippen molar-refractivity contribution < 1.29 is 4.74 Å². The van der Waals surface area contributed by atoms with Crippen LogP contribution in [0.15, 0.2) is 12.4 Å². The summed E-state index contributed by atoms with van der Waals surface area (Å²) < 4.78 is 5.64. The van der Waals surface area contributed by atoms with E-state index in [4.69, 9.17) is 4.74 Å². The van der Waals surface area contributed by atoms with Crippen LogP contribution in [0.2, 0.25) is 0 Å². The first kappa shape index (κ1) is 12.1. The lowest BCUT2D eigenvalue weighted by atomic mass is 10.2. The molecule has 15 heavy (non-hydrogen) atoms. The van der Waals surface area contributed by atoms with Gasteiger partial charge in [-0.15, -0.1) is 0 Å². The minimum Gasteiger partial charge on any atom is -0.371 e. The van der Waals surface area contributed by atoms with Crippen LogP contribution in [0.4, 0.5) is 0 Å². The van der Waals surface area contributed by atoms with E-state index in [2.05, 4.69) is 16.9 Å². The summed E-state index contributed by atoms with van der Waals surface area (Å²) in [5, 5.41) is 0. The Balaban J connectivity index is 2.50. The summed E-state index contributed by atoms with van der Waals surface area (Å²) in [4.78, 5) is 8.56. The molecule has 0 saturated carbocycles. The molecule has 0 spiro atoms. The van der Waals surface area contributed by atoms with Gasteiger partial charge in [0.2, 0.25) is 0 Å². The molecule has 0 bridgehead atoms. The van der Waals surface area contributed by atoms with Crippen molar-refractivity contribution in [3.63, 3.8) is 0 Å². The largest absolute Gasteiger partial charge is 0.371 e. The average molecular weight is 208 g/mol. The van der Waals surface area contributed by atoms with Crippen molar-refractivity contribution in [2.75, 3.05) is 0 Å². The van der Waals surface area contributed by atoms with Gasteiger partial charge in [-0.1, -0.05) is 6.92 Å². The molecule has 3 nitrogen and oxygen atoms in total. The molecule has 1 rings (SSSR count). The predicted molar refractivity (Wildman–Crippen MR) is 60.6 cm³/mol. The van der Waals surface area contributed by atoms with Crippen molar-refractivity contribution >= 4 is 0 Å². The fourth-order valence-electron chi connectivity index (χ4n) is 1.11. The molecular weight excluding hydrogens is 188 g/mol. The normalized spacial score (nSPS) is 11.7. The summed E-state index contributed by atoms with van der Waals surface area (Å²) in [6, 6.07) is 0. The predicted octanol–water partition coefficient (Wildman–Crippen LogP) is 2.74. The Bertz CT molecular complexity index is 287. The van der Waals surface area contributed by atoms with Gasteiger partial charge in [0, 0.05) is 24.4 Å². The molecule has 0 saturated heterocycles. The lowest BCUT2D eigenvalue weighted by molar-refractivity contribution is -0.0152. The van der Waals surface area contributed by atoms with E-state index < -0.39 is 0 Å². The highest BCUT2D eigenvalue weighted by Crippen LogP contribution is 2.10. The maximum Gasteiger partial charge on any atom is 0.128 e. The van der Waals surface area contributed by atoms with Crippen molar-refractivity contribution in [2.45, 2.75) is 52.7 Å². The first-order valence-corrected chi connectivity index (χ1v) is 5.45. The molecule has 0 atom stereocenters. The topological polar surface area (TPSA) is 35.0 Å². The van der Waals surface area contributed by atoms with Crippen molar-refractivity contribution in [2.24, 2.45) is 0 Å². The minimum atomic E-state index is -0.109. The Kier molecular flexibility index (Phi) is 4.21. The second-order valence-electron chi connectivity index (χ2n) is 4.66. The number of ether oxygens (including phenoxy) is 1. The number of aryl methyl sites for hydroxylation is 1. The van der Waals surface area contributed by atoms with Crippen LogP contribution in [0, 0.1) is 0 Å².